The van der Waals surface area contributed by atoms with Gasteiger partial charge < -0.3 is 24.4 Å². The molecule has 1 aliphatic rings. The third kappa shape index (κ3) is 6.46. The van der Waals surface area contributed by atoms with Gasteiger partial charge in [-0.1, -0.05) is 11.8 Å². The first-order valence-electron chi connectivity index (χ1n) is 9.57. The Morgan fingerprint density at radius 2 is 1.93 bits per heavy atom. The minimum Gasteiger partial charge on any atom is -0.465 e. The number of thiophene rings is 1. The number of amides is 1. The molecule has 8 heteroatoms. The minimum absolute atomic E-state index is 0.0907. The Kier molecular flexibility index (Phi) is 8.08. The van der Waals surface area contributed by atoms with Gasteiger partial charge >= 0.3 is 5.97 Å². The number of carbonyl (C=O) groups excluding carboxylic acids is 2. The van der Waals surface area contributed by atoms with Gasteiger partial charge in [-0.2, -0.15) is 0 Å². The van der Waals surface area contributed by atoms with Crippen molar-refractivity contribution >= 4 is 28.9 Å². The van der Waals surface area contributed by atoms with Gasteiger partial charge in [0, 0.05) is 25.6 Å². The fourth-order valence-electron chi connectivity index (χ4n) is 2.72. The highest BCUT2D eigenvalue weighted by Crippen LogP contribution is 2.29. The van der Waals surface area contributed by atoms with E-state index in [0.717, 1.165) is 4.88 Å². The second-order valence-electron chi connectivity index (χ2n) is 7.85. The largest absolute Gasteiger partial charge is 0.465 e. The van der Waals surface area contributed by atoms with Crippen molar-refractivity contribution in [3.8, 4) is 11.8 Å². The number of hydrogen-bond donors (Lipinski definition) is 1. The van der Waals surface area contributed by atoms with Crippen LogP contribution in [0.15, 0.2) is 6.07 Å². The van der Waals surface area contributed by atoms with Crippen molar-refractivity contribution in [2.75, 3.05) is 45.8 Å². The standard InChI is InChI=1S/C21H30N2O5S/c1-14(26-5)17(19(24)23-9-11-28-12-10-23)22-16-13-15(7-8-21(2,3)4)29-18(16)20(25)27-6/h13-14,17,22H,9-12H2,1-6H3. The van der Waals surface area contributed by atoms with E-state index < -0.39 is 18.1 Å². The van der Waals surface area contributed by atoms with E-state index >= 15 is 0 Å². The highest BCUT2D eigenvalue weighted by atomic mass is 32.1. The molecule has 1 aromatic rings. The molecule has 2 atom stereocenters. The molecule has 0 spiro atoms. The third-order valence-electron chi connectivity index (χ3n) is 4.40. The van der Waals surface area contributed by atoms with Crippen molar-refractivity contribution in [3.05, 3.63) is 15.8 Å². The summed E-state index contributed by atoms with van der Waals surface area (Å²) in [4.78, 5) is 28.3. The fourth-order valence-corrected chi connectivity index (χ4v) is 3.61. The number of esters is 1. The van der Waals surface area contributed by atoms with Crippen molar-refractivity contribution in [1.82, 2.24) is 4.90 Å². The second kappa shape index (κ2) is 10.1. The zero-order valence-electron chi connectivity index (χ0n) is 18.0. The lowest BCUT2D eigenvalue weighted by Gasteiger charge is -2.33. The van der Waals surface area contributed by atoms with Gasteiger partial charge in [-0.3, -0.25) is 4.79 Å². The van der Waals surface area contributed by atoms with Gasteiger partial charge in [0.1, 0.15) is 10.9 Å². The molecule has 1 aliphatic heterocycles. The smallest absolute Gasteiger partial charge is 0.350 e. The van der Waals surface area contributed by atoms with Crippen LogP contribution in [0.4, 0.5) is 5.69 Å². The van der Waals surface area contributed by atoms with E-state index in [4.69, 9.17) is 14.2 Å². The summed E-state index contributed by atoms with van der Waals surface area (Å²) >= 11 is 1.25. The number of nitrogens with zero attached hydrogens (tertiary/aromatic N) is 1. The maximum atomic E-state index is 13.1. The summed E-state index contributed by atoms with van der Waals surface area (Å²) in [5.41, 5.74) is 0.359. The first-order chi connectivity index (χ1) is 13.7. The molecule has 29 heavy (non-hydrogen) atoms. The highest BCUT2D eigenvalue weighted by molar-refractivity contribution is 7.15. The number of morpholine rings is 1. The molecule has 1 aromatic heterocycles. The SMILES string of the molecule is COC(=O)c1sc(C#CC(C)(C)C)cc1NC(C(=O)N1CCOCC1)C(C)OC. The van der Waals surface area contributed by atoms with Crippen molar-refractivity contribution in [3.63, 3.8) is 0 Å². The van der Waals surface area contributed by atoms with Crippen LogP contribution in [0.3, 0.4) is 0 Å². The molecule has 0 radical (unpaired) electrons. The number of methoxy groups -OCH3 is 2. The van der Waals surface area contributed by atoms with Crippen LogP contribution in [0.5, 0.6) is 0 Å². The summed E-state index contributed by atoms with van der Waals surface area (Å²) in [5.74, 6) is 5.72. The van der Waals surface area contributed by atoms with Gasteiger partial charge in [-0.25, -0.2) is 4.79 Å². The molecule has 2 unspecified atom stereocenters. The monoisotopic (exact) mass is 422 g/mol. The van der Waals surface area contributed by atoms with E-state index in [1.165, 1.54) is 18.4 Å². The molecule has 1 N–H and O–H groups in total. The lowest BCUT2D eigenvalue weighted by molar-refractivity contribution is -0.138. The minimum atomic E-state index is -0.653. The lowest BCUT2D eigenvalue weighted by atomic mass is 9.98. The van der Waals surface area contributed by atoms with Gasteiger partial charge in [0.2, 0.25) is 5.91 Å². The molecule has 1 fully saturated rings. The van der Waals surface area contributed by atoms with Crippen molar-refractivity contribution in [2.45, 2.75) is 39.8 Å². The van der Waals surface area contributed by atoms with Crippen molar-refractivity contribution < 1.29 is 23.8 Å². The molecule has 7 nitrogen and oxygen atoms in total. The van der Waals surface area contributed by atoms with Crippen molar-refractivity contribution in [1.29, 1.82) is 0 Å². The first kappa shape index (κ1) is 23.2. The molecule has 0 bridgehead atoms. The molecule has 2 heterocycles. The van der Waals surface area contributed by atoms with Crippen LogP contribution in [0, 0.1) is 17.3 Å². The number of carbonyl (C=O) groups is 2. The quantitative estimate of drug-likeness (QED) is 0.561. The first-order valence-corrected chi connectivity index (χ1v) is 10.4. The maximum Gasteiger partial charge on any atom is 0.350 e. The molecule has 0 aliphatic carbocycles. The van der Waals surface area contributed by atoms with Gasteiger partial charge in [0.05, 0.1) is 37.0 Å². The van der Waals surface area contributed by atoms with E-state index in [-0.39, 0.29) is 11.3 Å². The number of nitrogens with one attached hydrogen (secondary N) is 1. The Labute approximate surface area is 176 Å². The summed E-state index contributed by atoms with van der Waals surface area (Å²) in [6.07, 6.45) is -0.403. The van der Waals surface area contributed by atoms with Gasteiger partial charge in [-0.15, -0.1) is 11.3 Å². The van der Waals surface area contributed by atoms with Crippen LogP contribution in [-0.4, -0.2) is 69.4 Å². The van der Waals surface area contributed by atoms with E-state index in [0.29, 0.717) is 36.9 Å². The Morgan fingerprint density at radius 3 is 2.48 bits per heavy atom. The predicted octanol–water partition coefficient (Wildman–Crippen LogP) is 2.61. The van der Waals surface area contributed by atoms with Crippen LogP contribution < -0.4 is 5.32 Å². The summed E-state index contributed by atoms with van der Waals surface area (Å²) in [6, 6.07) is 1.14. The Bertz CT molecular complexity index is 781. The predicted molar refractivity (Wildman–Crippen MR) is 113 cm³/mol. The fraction of sp³-hybridized carbons (Fsp3) is 0.619. The lowest BCUT2D eigenvalue weighted by Crippen LogP contribution is -2.52. The van der Waals surface area contributed by atoms with E-state index in [2.05, 4.69) is 17.2 Å². The average Bonchev–Trinajstić information content (AvgIpc) is 3.12. The van der Waals surface area contributed by atoms with Gasteiger partial charge in [0.15, 0.2) is 0 Å². The Hall–Kier alpha value is -2.08. The molecule has 1 saturated heterocycles. The zero-order valence-corrected chi connectivity index (χ0v) is 18.8. The Morgan fingerprint density at radius 1 is 1.28 bits per heavy atom. The normalized spacial score (nSPS) is 16.4. The van der Waals surface area contributed by atoms with Crippen molar-refractivity contribution in [2.24, 2.45) is 5.41 Å². The topological polar surface area (TPSA) is 77.1 Å². The van der Waals surface area contributed by atoms with E-state index in [9.17, 15) is 9.59 Å². The molecular weight excluding hydrogens is 392 g/mol. The van der Waals surface area contributed by atoms with Gasteiger partial charge in [0.25, 0.3) is 0 Å². The molecule has 2 rings (SSSR count). The maximum absolute atomic E-state index is 13.1. The second-order valence-corrected chi connectivity index (χ2v) is 8.90. The van der Waals surface area contributed by atoms with Gasteiger partial charge in [-0.05, 0) is 33.8 Å². The summed E-state index contributed by atoms with van der Waals surface area (Å²) < 4.78 is 15.7. The molecule has 160 valence electrons. The van der Waals surface area contributed by atoms with Crippen LogP contribution in [0.2, 0.25) is 0 Å². The highest BCUT2D eigenvalue weighted by Gasteiger charge is 2.32. The summed E-state index contributed by atoms with van der Waals surface area (Å²) in [6.45, 7) is 9.96. The number of hydrogen-bond acceptors (Lipinski definition) is 7. The molecular formula is C21H30N2O5S. The van der Waals surface area contributed by atoms with E-state index in [1.54, 1.807) is 18.1 Å². The summed E-state index contributed by atoms with van der Waals surface area (Å²) in [7, 11) is 2.89. The molecule has 0 aromatic carbocycles. The number of ether oxygens (including phenoxy) is 3. The third-order valence-corrected chi connectivity index (χ3v) is 5.44. The Balaban J connectivity index is 2.35. The van der Waals surface area contributed by atoms with Crippen LogP contribution in [-0.2, 0) is 19.0 Å². The van der Waals surface area contributed by atoms with Crippen LogP contribution >= 0.6 is 11.3 Å². The molecule has 1 amide bonds. The van der Waals surface area contributed by atoms with E-state index in [1.807, 2.05) is 27.7 Å². The summed E-state index contributed by atoms with van der Waals surface area (Å²) in [5, 5.41) is 3.21. The average molecular weight is 423 g/mol. The molecule has 0 saturated carbocycles. The number of anilines is 1. The zero-order chi connectivity index (χ0) is 21.6. The van der Waals surface area contributed by atoms with Crippen LogP contribution in [0.1, 0.15) is 42.2 Å². The number of rotatable bonds is 6. The van der Waals surface area contributed by atoms with Crippen LogP contribution in [0.25, 0.3) is 0 Å².